The molecule has 1 aliphatic heterocycles. The van der Waals surface area contributed by atoms with Gasteiger partial charge in [0.15, 0.2) is 11.5 Å². The molecule has 7 nitrogen and oxygen atoms in total. The first-order valence-electron chi connectivity index (χ1n) is 10.9. The summed E-state index contributed by atoms with van der Waals surface area (Å²) >= 11 is 0. The summed E-state index contributed by atoms with van der Waals surface area (Å²) in [5, 5.41) is 10.2. The SMILES string of the molecule is COC(=O)Cc1ccc(O)c(Oc2ccc(C(F)(F)F)cc2CN2C[C@H](c3ccccc3)OC2=O)c1. The van der Waals surface area contributed by atoms with E-state index in [-0.39, 0.29) is 42.3 Å². The summed E-state index contributed by atoms with van der Waals surface area (Å²) in [6.45, 7) is -0.0809. The molecule has 3 aromatic carbocycles. The van der Waals surface area contributed by atoms with Gasteiger partial charge in [0.1, 0.15) is 11.9 Å². The first-order chi connectivity index (χ1) is 17.1. The Morgan fingerprint density at radius 3 is 2.53 bits per heavy atom. The van der Waals surface area contributed by atoms with E-state index in [2.05, 4.69) is 4.74 Å². The van der Waals surface area contributed by atoms with Crippen LogP contribution in [-0.2, 0) is 33.4 Å². The number of alkyl halides is 3. The van der Waals surface area contributed by atoms with Crippen molar-refractivity contribution in [1.29, 1.82) is 0 Å². The van der Waals surface area contributed by atoms with E-state index in [1.165, 1.54) is 30.2 Å². The standard InChI is InChI=1S/C26H22F3NO6/c1-34-24(32)12-16-7-9-20(31)22(11-16)35-21-10-8-19(26(27,28)29)13-18(21)14-30-15-23(36-25(30)33)17-5-3-2-4-6-17/h2-11,13,23,31H,12,14-15H2,1H3/t23-/m1/s1. The van der Waals surface area contributed by atoms with Crippen LogP contribution in [0.25, 0.3) is 0 Å². The van der Waals surface area contributed by atoms with Gasteiger partial charge in [0.2, 0.25) is 0 Å². The van der Waals surface area contributed by atoms with Crippen molar-refractivity contribution in [1.82, 2.24) is 4.90 Å². The van der Waals surface area contributed by atoms with Crippen molar-refractivity contribution >= 4 is 12.1 Å². The van der Waals surface area contributed by atoms with Crippen molar-refractivity contribution in [3.8, 4) is 17.2 Å². The van der Waals surface area contributed by atoms with Gasteiger partial charge >= 0.3 is 18.2 Å². The topological polar surface area (TPSA) is 85.3 Å². The Kier molecular flexibility index (Phi) is 7.05. The highest BCUT2D eigenvalue weighted by Crippen LogP contribution is 2.38. The fraction of sp³-hybridized carbons (Fsp3) is 0.231. The number of phenolic OH excluding ortho intramolecular Hbond substituents is 1. The molecule has 10 heteroatoms. The van der Waals surface area contributed by atoms with Crippen LogP contribution in [0.4, 0.5) is 18.0 Å². The van der Waals surface area contributed by atoms with Gasteiger partial charge in [-0.1, -0.05) is 36.4 Å². The van der Waals surface area contributed by atoms with Gasteiger partial charge in [-0.05, 0) is 41.5 Å². The summed E-state index contributed by atoms with van der Waals surface area (Å²) in [6.07, 6.45) is -5.94. The quantitative estimate of drug-likeness (QED) is 0.424. The summed E-state index contributed by atoms with van der Waals surface area (Å²) in [7, 11) is 1.24. The molecule has 0 aromatic heterocycles. The Bertz CT molecular complexity index is 1260. The number of hydrogen-bond donors (Lipinski definition) is 1. The number of ether oxygens (including phenoxy) is 3. The van der Waals surface area contributed by atoms with Gasteiger partial charge in [-0.3, -0.25) is 9.69 Å². The minimum absolute atomic E-state index is 0.00415. The number of carbonyl (C=O) groups excluding carboxylic acids is 2. The number of aromatic hydroxyl groups is 1. The van der Waals surface area contributed by atoms with Crippen LogP contribution in [0.1, 0.15) is 28.4 Å². The number of carbonyl (C=O) groups is 2. The fourth-order valence-corrected chi connectivity index (χ4v) is 3.77. The highest BCUT2D eigenvalue weighted by molar-refractivity contribution is 5.73. The van der Waals surface area contributed by atoms with Crippen molar-refractivity contribution < 1.29 is 42.1 Å². The molecule has 1 fully saturated rings. The lowest BCUT2D eigenvalue weighted by atomic mass is 10.1. The van der Waals surface area contributed by atoms with E-state index in [0.29, 0.717) is 5.56 Å². The largest absolute Gasteiger partial charge is 0.504 e. The Morgan fingerprint density at radius 2 is 1.83 bits per heavy atom. The molecule has 1 amide bonds. The van der Waals surface area contributed by atoms with Crippen LogP contribution in [-0.4, -0.2) is 35.7 Å². The molecule has 4 rings (SSSR count). The van der Waals surface area contributed by atoms with Crippen LogP contribution < -0.4 is 4.74 Å². The van der Waals surface area contributed by atoms with E-state index in [4.69, 9.17) is 9.47 Å². The van der Waals surface area contributed by atoms with E-state index < -0.39 is 29.9 Å². The van der Waals surface area contributed by atoms with Crippen molar-refractivity contribution in [2.24, 2.45) is 0 Å². The van der Waals surface area contributed by atoms with Crippen LogP contribution in [0.15, 0.2) is 66.7 Å². The number of methoxy groups -OCH3 is 1. The van der Waals surface area contributed by atoms with Crippen molar-refractivity contribution in [3.05, 3.63) is 89.0 Å². The second-order valence-corrected chi connectivity index (χ2v) is 8.14. The normalized spacial score (nSPS) is 15.5. The molecule has 0 aliphatic carbocycles. The molecule has 0 unspecified atom stereocenters. The maximum atomic E-state index is 13.4. The van der Waals surface area contributed by atoms with Gasteiger partial charge in [0.05, 0.1) is 32.2 Å². The Morgan fingerprint density at radius 1 is 1.08 bits per heavy atom. The van der Waals surface area contributed by atoms with Crippen LogP contribution in [0.3, 0.4) is 0 Å². The van der Waals surface area contributed by atoms with Gasteiger partial charge in [-0.15, -0.1) is 0 Å². The second-order valence-electron chi connectivity index (χ2n) is 8.14. The average Bonchev–Trinajstić information content (AvgIpc) is 3.22. The van der Waals surface area contributed by atoms with Crippen molar-refractivity contribution in [2.45, 2.75) is 25.2 Å². The minimum atomic E-state index is -4.62. The number of rotatable bonds is 7. The molecule has 0 radical (unpaired) electrons. The van der Waals surface area contributed by atoms with Gasteiger partial charge in [0, 0.05) is 5.56 Å². The van der Waals surface area contributed by atoms with Gasteiger partial charge in [-0.2, -0.15) is 13.2 Å². The van der Waals surface area contributed by atoms with E-state index in [9.17, 15) is 27.9 Å². The first-order valence-corrected chi connectivity index (χ1v) is 10.9. The predicted octanol–water partition coefficient (Wildman–Crippen LogP) is 5.61. The van der Waals surface area contributed by atoms with Gasteiger partial charge < -0.3 is 19.3 Å². The highest BCUT2D eigenvalue weighted by atomic mass is 19.4. The number of esters is 1. The first kappa shape index (κ1) is 24.9. The third-order valence-corrected chi connectivity index (χ3v) is 5.63. The number of nitrogens with zero attached hydrogens (tertiary/aromatic N) is 1. The monoisotopic (exact) mass is 501 g/mol. The highest BCUT2D eigenvalue weighted by Gasteiger charge is 2.35. The molecule has 0 spiro atoms. The summed E-state index contributed by atoms with van der Waals surface area (Å²) in [4.78, 5) is 25.4. The molecule has 1 heterocycles. The molecule has 0 saturated carbocycles. The molecule has 1 saturated heterocycles. The van der Waals surface area contributed by atoms with Gasteiger partial charge in [-0.25, -0.2) is 4.79 Å². The fourth-order valence-electron chi connectivity index (χ4n) is 3.77. The zero-order valence-corrected chi connectivity index (χ0v) is 19.1. The summed E-state index contributed by atoms with van der Waals surface area (Å²) in [5.74, 6) is -0.852. The molecule has 1 atom stereocenters. The van der Waals surface area contributed by atoms with Crippen LogP contribution in [0, 0.1) is 0 Å². The van der Waals surface area contributed by atoms with Crippen LogP contribution in [0.2, 0.25) is 0 Å². The zero-order valence-electron chi connectivity index (χ0n) is 19.1. The summed E-state index contributed by atoms with van der Waals surface area (Å²) in [5.41, 5.74) is 0.382. The smallest absolute Gasteiger partial charge is 0.416 e. The summed E-state index contributed by atoms with van der Waals surface area (Å²) < 4.78 is 56.1. The van der Waals surface area contributed by atoms with Crippen molar-refractivity contribution in [3.63, 3.8) is 0 Å². The molecular formula is C26H22F3NO6. The number of cyclic esters (lactones) is 1. The van der Waals surface area contributed by atoms with Crippen molar-refractivity contribution in [2.75, 3.05) is 13.7 Å². The van der Waals surface area contributed by atoms with E-state index >= 15 is 0 Å². The lowest BCUT2D eigenvalue weighted by Crippen LogP contribution is -2.24. The minimum Gasteiger partial charge on any atom is -0.504 e. The average molecular weight is 501 g/mol. The van der Waals surface area contributed by atoms with E-state index in [1.54, 1.807) is 24.3 Å². The molecule has 1 aliphatic rings. The molecule has 1 N–H and O–H groups in total. The third kappa shape index (κ3) is 5.70. The number of amides is 1. The second kappa shape index (κ2) is 10.2. The Balaban J connectivity index is 1.62. The maximum Gasteiger partial charge on any atom is 0.416 e. The summed E-state index contributed by atoms with van der Waals surface area (Å²) in [6, 6.07) is 16.1. The van der Waals surface area contributed by atoms with E-state index in [1.807, 2.05) is 6.07 Å². The molecular weight excluding hydrogens is 479 g/mol. The Labute approximate surface area is 204 Å². The molecule has 0 bridgehead atoms. The van der Waals surface area contributed by atoms with Gasteiger partial charge in [0.25, 0.3) is 0 Å². The number of benzene rings is 3. The maximum absolute atomic E-state index is 13.4. The zero-order chi connectivity index (χ0) is 25.9. The molecule has 188 valence electrons. The van der Waals surface area contributed by atoms with Crippen LogP contribution >= 0.6 is 0 Å². The Hall–Kier alpha value is -4.21. The lowest BCUT2D eigenvalue weighted by molar-refractivity contribution is -0.140. The van der Waals surface area contributed by atoms with E-state index in [0.717, 1.165) is 23.8 Å². The predicted molar refractivity (Wildman–Crippen MR) is 121 cm³/mol. The molecule has 3 aromatic rings. The third-order valence-electron chi connectivity index (χ3n) is 5.63. The molecule has 36 heavy (non-hydrogen) atoms. The number of phenols is 1. The van der Waals surface area contributed by atoms with Crippen LogP contribution in [0.5, 0.6) is 17.2 Å². The lowest BCUT2D eigenvalue weighted by Gasteiger charge is -2.19. The number of halogens is 3. The number of hydrogen-bond acceptors (Lipinski definition) is 6.